The van der Waals surface area contributed by atoms with Crippen LogP contribution in [0.5, 0.6) is 23.0 Å². The summed E-state index contributed by atoms with van der Waals surface area (Å²) in [5.41, 5.74) is 1.68. The summed E-state index contributed by atoms with van der Waals surface area (Å²) < 4.78 is 21.5. The largest absolute Gasteiger partial charge is 0.493 e. The van der Waals surface area contributed by atoms with Crippen LogP contribution in [0.25, 0.3) is 0 Å². The van der Waals surface area contributed by atoms with Crippen LogP contribution in [0.2, 0.25) is 0 Å². The van der Waals surface area contributed by atoms with Crippen molar-refractivity contribution in [3.05, 3.63) is 47.5 Å². The lowest BCUT2D eigenvalue weighted by molar-refractivity contribution is 0.0627. The molecule has 2 aromatic rings. The number of hydrogen-bond acceptors (Lipinski definition) is 6. The minimum absolute atomic E-state index is 0.00423. The Labute approximate surface area is 171 Å². The second-order valence-corrected chi connectivity index (χ2v) is 6.79. The van der Waals surface area contributed by atoms with Gasteiger partial charge in [0.15, 0.2) is 23.0 Å². The molecule has 7 nitrogen and oxygen atoms in total. The minimum atomic E-state index is 0.00423. The average molecular weight is 400 g/mol. The van der Waals surface area contributed by atoms with Gasteiger partial charge in [0, 0.05) is 43.9 Å². The molecular weight excluding hydrogens is 372 g/mol. The number of piperazine rings is 1. The molecule has 0 N–H and O–H groups in total. The quantitative estimate of drug-likeness (QED) is 0.712. The number of carbonyl (C=O) groups is 1. The zero-order chi connectivity index (χ0) is 20.8. The van der Waals surface area contributed by atoms with Crippen LogP contribution in [0.15, 0.2) is 36.4 Å². The summed E-state index contributed by atoms with van der Waals surface area (Å²) in [6.45, 7) is 3.66. The number of hydrogen-bond donors (Lipinski definition) is 0. The summed E-state index contributed by atoms with van der Waals surface area (Å²) >= 11 is 0. The van der Waals surface area contributed by atoms with E-state index in [0.29, 0.717) is 30.2 Å². The van der Waals surface area contributed by atoms with Crippen LogP contribution in [0.1, 0.15) is 15.9 Å². The van der Waals surface area contributed by atoms with Crippen molar-refractivity contribution in [3.63, 3.8) is 0 Å². The van der Waals surface area contributed by atoms with Crippen molar-refractivity contribution in [1.82, 2.24) is 9.80 Å². The van der Waals surface area contributed by atoms with Crippen LogP contribution in [0, 0.1) is 0 Å². The Morgan fingerprint density at radius 1 is 0.828 bits per heavy atom. The first kappa shape index (κ1) is 20.8. The second-order valence-electron chi connectivity index (χ2n) is 6.79. The molecule has 0 spiro atoms. The molecule has 1 aliphatic heterocycles. The van der Waals surface area contributed by atoms with Crippen LogP contribution >= 0.6 is 0 Å². The number of nitrogens with zero attached hydrogens (tertiary/aromatic N) is 2. The molecule has 156 valence electrons. The first-order valence-electron chi connectivity index (χ1n) is 9.54. The highest BCUT2D eigenvalue weighted by Gasteiger charge is 2.24. The van der Waals surface area contributed by atoms with Gasteiger partial charge in [-0.1, -0.05) is 12.1 Å². The van der Waals surface area contributed by atoms with E-state index in [9.17, 15) is 4.79 Å². The number of rotatable bonds is 7. The van der Waals surface area contributed by atoms with Crippen LogP contribution in [0.4, 0.5) is 0 Å². The third-order valence-corrected chi connectivity index (χ3v) is 5.17. The maximum Gasteiger partial charge on any atom is 0.254 e. The van der Waals surface area contributed by atoms with Crippen molar-refractivity contribution < 1.29 is 23.7 Å². The Balaban J connectivity index is 1.63. The molecule has 29 heavy (non-hydrogen) atoms. The van der Waals surface area contributed by atoms with Crippen molar-refractivity contribution in [2.24, 2.45) is 0 Å². The van der Waals surface area contributed by atoms with Gasteiger partial charge in [0.25, 0.3) is 5.91 Å². The fraction of sp³-hybridized carbons (Fsp3) is 0.409. The molecule has 2 aromatic carbocycles. The van der Waals surface area contributed by atoms with E-state index in [-0.39, 0.29) is 5.91 Å². The summed E-state index contributed by atoms with van der Waals surface area (Å²) in [4.78, 5) is 17.1. The zero-order valence-electron chi connectivity index (χ0n) is 17.4. The smallest absolute Gasteiger partial charge is 0.254 e. The molecule has 1 saturated heterocycles. The number of carbonyl (C=O) groups excluding carboxylic acids is 1. The molecule has 0 saturated carbocycles. The summed E-state index contributed by atoms with van der Waals surface area (Å²) in [5.74, 6) is 2.67. The number of benzene rings is 2. The van der Waals surface area contributed by atoms with Crippen molar-refractivity contribution in [3.8, 4) is 23.0 Å². The lowest BCUT2D eigenvalue weighted by Gasteiger charge is -2.35. The first-order valence-corrected chi connectivity index (χ1v) is 9.54. The minimum Gasteiger partial charge on any atom is -0.493 e. The molecule has 1 fully saturated rings. The molecule has 3 rings (SSSR count). The number of amides is 1. The molecule has 1 amide bonds. The van der Waals surface area contributed by atoms with Gasteiger partial charge < -0.3 is 23.8 Å². The van der Waals surface area contributed by atoms with E-state index in [2.05, 4.69) is 4.90 Å². The Hall–Kier alpha value is -2.93. The normalized spacial score (nSPS) is 14.4. The van der Waals surface area contributed by atoms with Gasteiger partial charge in [0.2, 0.25) is 0 Å². The molecule has 0 atom stereocenters. The predicted octanol–water partition coefficient (Wildman–Crippen LogP) is 2.68. The van der Waals surface area contributed by atoms with E-state index >= 15 is 0 Å². The SMILES string of the molecule is COc1ccc(C(=O)N2CCN(Cc3cccc(OC)c3OC)CC2)cc1OC. The van der Waals surface area contributed by atoms with E-state index in [0.717, 1.165) is 36.7 Å². The highest BCUT2D eigenvalue weighted by atomic mass is 16.5. The Morgan fingerprint density at radius 3 is 2.14 bits per heavy atom. The summed E-state index contributed by atoms with van der Waals surface area (Å²) in [6.07, 6.45) is 0. The number of para-hydroxylation sites is 1. The fourth-order valence-corrected chi connectivity index (χ4v) is 3.58. The van der Waals surface area contributed by atoms with Crippen molar-refractivity contribution in [2.45, 2.75) is 6.54 Å². The average Bonchev–Trinajstić information content (AvgIpc) is 2.78. The third kappa shape index (κ3) is 4.56. The molecule has 7 heteroatoms. The first-order chi connectivity index (χ1) is 14.1. The maximum absolute atomic E-state index is 12.9. The van der Waals surface area contributed by atoms with E-state index in [1.807, 2.05) is 23.1 Å². The van der Waals surface area contributed by atoms with Gasteiger partial charge in [-0.25, -0.2) is 0 Å². The van der Waals surface area contributed by atoms with Crippen molar-refractivity contribution in [2.75, 3.05) is 54.6 Å². The van der Waals surface area contributed by atoms with Gasteiger partial charge in [-0.3, -0.25) is 9.69 Å². The summed E-state index contributed by atoms with van der Waals surface area (Å²) in [5, 5.41) is 0. The molecule has 0 aliphatic carbocycles. The van der Waals surface area contributed by atoms with Gasteiger partial charge in [-0.2, -0.15) is 0 Å². The van der Waals surface area contributed by atoms with Crippen LogP contribution in [-0.4, -0.2) is 70.3 Å². The fourth-order valence-electron chi connectivity index (χ4n) is 3.58. The number of methoxy groups -OCH3 is 4. The van der Waals surface area contributed by atoms with E-state index in [1.54, 1.807) is 46.6 Å². The lowest BCUT2D eigenvalue weighted by Crippen LogP contribution is -2.48. The van der Waals surface area contributed by atoms with Crippen LogP contribution in [-0.2, 0) is 6.54 Å². The second kappa shape index (κ2) is 9.52. The highest BCUT2D eigenvalue weighted by molar-refractivity contribution is 5.95. The third-order valence-electron chi connectivity index (χ3n) is 5.17. The molecule has 1 aliphatic rings. The highest BCUT2D eigenvalue weighted by Crippen LogP contribution is 2.32. The van der Waals surface area contributed by atoms with Crippen molar-refractivity contribution >= 4 is 5.91 Å². The van der Waals surface area contributed by atoms with Gasteiger partial charge in [-0.15, -0.1) is 0 Å². The zero-order valence-corrected chi connectivity index (χ0v) is 17.4. The Kier molecular flexibility index (Phi) is 6.82. The monoisotopic (exact) mass is 400 g/mol. The predicted molar refractivity (Wildman–Crippen MR) is 110 cm³/mol. The van der Waals surface area contributed by atoms with Gasteiger partial charge in [0.1, 0.15) is 0 Å². The maximum atomic E-state index is 12.9. The molecule has 0 radical (unpaired) electrons. The van der Waals surface area contributed by atoms with Gasteiger partial charge in [0.05, 0.1) is 28.4 Å². The summed E-state index contributed by atoms with van der Waals surface area (Å²) in [7, 11) is 6.44. The standard InChI is InChI=1S/C22H28N2O5/c1-26-18-9-8-16(14-20(18)28-3)22(25)24-12-10-23(11-13-24)15-17-6-5-7-19(27-2)21(17)29-4/h5-9,14H,10-13,15H2,1-4H3. The number of ether oxygens (including phenoxy) is 4. The molecule has 1 heterocycles. The van der Waals surface area contributed by atoms with E-state index in [4.69, 9.17) is 18.9 Å². The van der Waals surface area contributed by atoms with Crippen LogP contribution < -0.4 is 18.9 Å². The lowest BCUT2D eigenvalue weighted by atomic mass is 10.1. The molecule has 0 bridgehead atoms. The van der Waals surface area contributed by atoms with Crippen molar-refractivity contribution in [1.29, 1.82) is 0 Å². The van der Waals surface area contributed by atoms with E-state index < -0.39 is 0 Å². The molecular formula is C22H28N2O5. The summed E-state index contributed by atoms with van der Waals surface area (Å²) in [6, 6.07) is 11.2. The topological polar surface area (TPSA) is 60.5 Å². The Bertz CT molecular complexity index is 847. The van der Waals surface area contributed by atoms with Crippen LogP contribution in [0.3, 0.4) is 0 Å². The Morgan fingerprint density at radius 2 is 1.52 bits per heavy atom. The van der Waals surface area contributed by atoms with Gasteiger partial charge >= 0.3 is 0 Å². The molecule has 0 aromatic heterocycles. The van der Waals surface area contributed by atoms with E-state index in [1.165, 1.54) is 0 Å². The van der Waals surface area contributed by atoms with Gasteiger partial charge in [-0.05, 0) is 24.3 Å². The molecule has 0 unspecified atom stereocenters.